The lowest BCUT2D eigenvalue weighted by atomic mass is 10.1. The number of nitrogens with zero attached hydrogens (tertiary/aromatic N) is 2. The van der Waals surface area contributed by atoms with Gasteiger partial charge in [0.15, 0.2) is 0 Å². The van der Waals surface area contributed by atoms with Gasteiger partial charge in [-0.3, -0.25) is 9.59 Å². The summed E-state index contributed by atoms with van der Waals surface area (Å²) < 4.78 is 4.68. The van der Waals surface area contributed by atoms with Gasteiger partial charge in [-0.15, -0.1) is 11.3 Å². The van der Waals surface area contributed by atoms with Gasteiger partial charge >= 0.3 is 5.97 Å². The van der Waals surface area contributed by atoms with Crippen molar-refractivity contribution in [1.29, 1.82) is 0 Å². The molecule has 1 heterocycles. The van der Waals surface area contributed by atoms with Crippen molar-refractivity contribution in [3.8, 4) is 0 Å². The van der Waals surface area contributed by atoms with Crippen LogP contribution in [-0.2, 0) is 16.0 Å². The number of ether oxygens (including phenoxy) is 1. The zero-order chi connectivity index (χ0) is 16.8. The summed E-state index contributed by atoms with van der Waals surface area (Å²) >= 11 is 1.47. The van der Waals surface area contributed by atoms with Gasteiger partial charge in [-0.1, -0.05) is 37.3 Å². The Bertz CT molecular complexity index is 669. The molecule has 23 heavy (non-hydrogen) atoms. The highest BCUT2D eigenvalue weighted by atomic mass is 32.1. The van der Waals surface area contributed by atoms with Crippen LogP contribution in [0.3, 0.4) is 0 Å². The molecule has 0 unspecified atom stereocenters. The van der Waals surface area contributed by atoms with Crippen molar-refractivity contribution in [1.82, 2.24) is 9.88 Å². The topological polar surface area (TPSA) is 59.5 Å². The zero-order valence-corrected chi connectivity index (χ0v) is 14.3. The molecule has 5 nitrogen and oxygen atoms in total. The summed E-state index contributed by atoms with van der Waals surface area (Å²) in [6.45, 7) is 2.04. The van der Waals surface area contributed by atoms with Crippen LogP contribution in [-0.4, -0.2) is 42.5 Å². The molecule has 0 spiro atoms. The molecule has 0 aliphatic carbocycles. The van der Waals surface area contributed by atoms with Crippen LogP contribution in [0.15, 0.2) is 35.7 Å². The third-order valence-electron chi connectivity index (χ3n) is 3.47. The first-order chi connectivity index (χ1) is 11.0. The molecule has 1 aromatic heterocycles. The fourth-order valence-corrected chi connectivity index (χ4v) is 3.03. The van der Waals surface area contributed by atoms with Crippen LogP contribution in [0.25, 0.3) is 0 Å². The molecular weight excluding hydrogens is 312 g/mol. The number of hydrogen-bond acceptors (Lipinski definition) is 5. The number of benzene rings is 1. The van der Waals surface area contributed by atoms with E-state index in [-0.39, 0.29) is 17.8 Å². The van der Waals surface area contributed by atoms with Crippen molar-refractivity contribution in [2.24, 2.45) is 5.92 Å². The Morgan fingerprint density at radius 3 is 2.65 bits per heavy atom. The van der Waals surface area contributed by atoms with Crippen LogP contribution in [0.4, 0.5) is 0 Å². The molecule has 2 rings (SSSR count). The summed E-state index contributed by atoms with van der Waals surface area (Å²) in [5.41, 5.74) is 1.58. The van der Waals surface area contributed by atoms with E-state index in [1.165, 1.54) is 23.3 Å². The Morgan fingerprint density at radius 1 is 1.30 bits per heavy atom. The van der Waals surface area contributed by atoms with Gasteiger partial charge in [0, 0.05) is 25.4 Å². The van der Waals surface area contributed by atoms with E-state index in [4.69, 9.17) is 0 Å². The highest BCUT2D eigenvalue weighted by Crippen LogP contribution is 2.16. The van der Waals surface area contributed by atoms with E-state index in [0.29, 0.717) is 18.7 Å². The fraction of sp³-hybridized carbons (Fsp3) is 0.353. The smallest absolute Gasteiger partial charge is 0.310 e. The summed E-state index contributed by atoms with van der Waals surface area (Å²) in [6.07, 6.45) is 0.709. The van der Waals surface area contributed by atoms with Crippen LogP contribution in [0, 0.1) is 5.92 Å². The summed E-state index contributed by atoms with van der Waals surface area (Å²) in [4.78, 5) is 29.7. The van der Waals surface area contributed by atoms with Crippen molar-refractivity contribution in [2.45, 2.75) is 13.3 Å². The lowest BCUT2D eigenvalue weighted by Crippen LogP contribution is -2.34. The third kappa shape index (κ3) is 4.63. The number of thiazole rings is 1. The number of aromatic nitrogens is 1. The van der Waals surface area contributed by atoms with Crippen molar-refractivity contribution in [2.75, 3.05) is 20.7 Å². The van der Waals surface area contributed by atoms with Gasteiger partial charge in [-0.2, -0.15) is 0 Å². The predicted octanol–water partition coefficient (Wildman–Crippen LogP) is 2.62. The molecule has 0 fully saturated rings. The number of amides is 1. The number of carbonyl (C=O) groups is 2. The lowest BCUT2D eigenvalue weighted by molar-refractivity contribution is -0.145. The van der Waals surface area contributed by atoms with E-state index in [1.807, 2.05) is 30.3 Å². The number of methoxy groups -OCH3 is 1. The van der Waals surface area contributed by atoms with E-state index in [0.717, 1.165) is 10.6 Å². The lowest BCUT2D eigenvalue weighted by Gasteiger charge is -2.19. The Balaban J connectivity index is 1.99. The molecule has 1 amide bonds. The van der Waals surface area contributed by atoms with Gasteiger partial charge in [-0.25, -0.2) is 4.98 Å². The maximum Gasteiger partial charge on any atom is 0.310 e. The molecule has 0 radical (unpaired) electrons. The molecule has 122 valence electrons. The highest BCUT2D eigenvalue weighted by molar-refractivity contribution is 7.09. The first-order valence-corrected chi connectivity index (χ1v) is 8.21. The Labute approximate surface area is 139 Å². The maximum absolute atomic E-state index is 12.4. The van der Waals surface area contributed by atoms with Gasteiger partial charge in [-0.05, 0) is 5.56 Å². The first kappa shape index (κ1) is 17.1. The summed E-state index contributed by atoms with van der Waals surface area (Å²) in [6, 6.07) is 10.0. The van der Waals surface area contributed by atoms with Crippen molar-refractivity contribution in [3.63, 3.8) is 0 Å². The van der Waals surface area contributed by atoms with E-state index in [1.54, 1.807) is 19.4 Å². The van der Waals surface area contributed by atoms with Gasteiger partial charge in [0.05, 0.1) is 18.0 Å². The zero-order valence-electron chi connectivity index (χ0n) is 13.5. The fourth-order valence-electron chi connectivity index (χ4n) is 2.23. The average Bonchev–Trinajstić information content (AvgIpc) is 3.02. The van der Waals surface area contributed by atoms with Gasteiger partial charge in [0.25, 0.3) is 5.91 Å². The SMILES string of the molecule is COC(=O)[C@@H](C)CN(C)C(=O)c1csc(Cc2ccccc2)n1. The minimum atomic E-state index is -0.364. The van der Waals surface area contributed by atoms with Crippen LogP contribution in [0.2, 0.25) is 0 Å². The minimum absolute atomic E-state index is 0.184. The molecule has 0 saturated heterocycles. The van der Waals surface area contributed by atoms with Gasteiger partial charge in [0.2, 0.25) is 0 Å². The Kier molecular flexibility index (Phi) is 5.87. The molecule has 1 aromatic carbocycles. The number of rotatable bonds is 6. The van der Waals surface area contributed by atoms with Crippen molar-refractivity contribution in [3.05, 3.63) is 52.0 Å². The molecule has 0 bridgehead atoms. The second-order valence-corrected chi connectivity index (χ2v) is 6.34. The number of esters is 1. The monoisotopic (exact) mass is 332 g/mol. The Morgan fingerprint density at radius 2 is 2.00 bits per heavy atom. The Hall–Kier alpha value is -2.21. The van der Waals surface area contributed by atoms with E-state index in [9.17, 15) is 9.59 Å². The van der Waals surface area contributed by atoms with Gasteiger partial charge < -0.3 is 9.64 Å². The average molecular weight is 332 g/mol. The molecule has 1 atom stereocenters. The van der Waals surface area contributed by atoms with Crippen LogP contribution < -0.4 is 0 Å². The largest absolute Gasteiger partial charge is 0.469 e. The van der Waals surface area contributed by atoms with E-state index < -0.39 is 0 Å². The molecule has 0 aliphatic heterocycles. The molecule has 0 N–H and O–H groups in total. The van der Waals surface area contributed by atoms with Crippen LogP contribution in [0.5, 0.6) is 0 Å². The molecular formula is C17H20N2O3S. The summed E-state index contributed by atoms with van der Waals surface area (Å²) in [5.74, 6) is -0.875. The molecule has 6 heteroatoms. The van der Waals surface area contributed by atoms with E-state index >= 15 is 0 Å². The normalized spacial score (nSPS) is 11.8. The molecule has 2 aromatic rings. The highest BCUT2D eigenvalue weighted by Gasteiger charge is 2.21. The molecule has 0 saturated carbocycles. The standard InChI is InChI=1S/C17H20N2O3S/c1-12(17(21)22-3)10-19(2)16(20)14-11-23-15(18-14)9-13-7-5-4-6-8-13/h4-8,11-12H,9-10H2,1-3H3/t12-/m0/s1. The number of carbonyl (C=O) groups excluding carboxylic acids is 2. The summed E-state index contributed by atoms with van der Waals surface area (Å²) in [5, 5.41) is 2.66. The quantitative estimate of drug-likeness (QED) is 0.763. The van der Waals surface area contributed by atoms with Crippen molar-refractivity contribution < 1.29 is 14.3 Å². The minimum Gasteiger partial charge on any atom is -0.469 e. The molecule has 0 aliphatic rings. The van der Waals surface area contributed by atoms with Gasteiger partial charge in [0.1, 0.15) is 5.69 Å². The van der Waals surface area contributed by atoms with Crippen LogP contribution >= 0.6 is 11.3 Å². The number of hydrogen-bond donors (Lipinski definition) is 0. The second-order valence-electron chi connectivity index (χ2n) is 5.40. The second kappa shape index (κ2) is 7.87. The van der Waals surface area contributed by atoms with Crippen molar-refractivity contribution >= 4 is 23.2 Å². The van der Waals surface area contributed by atoms with E-state index in [2.05, 4.69) is 9.72 Å². The maximum atomic E-state index is 12.4. The van der Waals surface area contributed by atoms with Crippen LogP contribution in [0.1, 0.15) is 28.0 Å². The first-order valence-electron chi connectivity index (χ1n) is 7.33. The third-order valence-corrected chi connectivity index (χ3v) is 4.32. The summed E-state index contributed by atoms with van der Waals surface area (Å²) in [7, 11) is 3.01. The predicted molar refractivity (Wildman–Crippen MR) is 89.5 cm³/mol.